The van der Waals surface area contributed by atoms with E-state index in [-0.39, 0.29) is 17.5 Å². The minimum atomic E-state index is -0.328. The van der Waals surface area contributed by atoms with E-state index in [9.17, 15) is 9.18 Å². The van der Waals surface area contributed by atoms with Crippen molar-refractivity contribution in [3.05, 3.63) is 90.3 Å². The zero-order valence-electron chi connectivity index (χ0n) is 15.2. The summed E-state index contributed by atoms with van der Waals surface area (Å²) in [6.45, 7) is 6.45. The second-order valence-corrected chi connectivity index (χ2v) is 6.15. The van der Waals surface area contributed by atoms with Crippen LogP contribution in [0, 0.1) is 12.7 Å². The molecule has 2 aromatic carbocycles. The number of rotatable bonds is 7. The molecule has 0 atom stereocenters. The topological polar surface area (TPSA) is 51.0 Å². The molecule has 6 heteroatoms. The third kappa shape index (κ3) is 4.47. The second-order valence-electron chi connectivity index (χ2n) is 6.15. The molecule has 0 aliphatic carbocycles. The van der Waals surface area contributed by atoms with Crippen molar-refractivity contribution >= 4 is 5.91 Å². The average Bonchev–Trinajstić information content (AvgIpc) is 3.08. The molecular weight excluding hydrogens is 343 g/mol. The Morgan fingerprint density at radius 3 is 2.56 bits per heavy atom. The minimum absolute atomic E-state index is 0.117. The van der Waals surface area contributed by atoms with Crippen LogP contribution in [0.5, 0.6) is 0 Å². The Balaban J connectivity index is 1.78. The van der Waals surface area contributed by atoms with Gasteiger partial charge in [-0.1, -0.05) is 36.4 Å². The van der Waals surface area contributed by atoms with Crippen LogP contribution in [0.25, 0.3) is 5.69 Å². The van der Waals surface area contributed by atoms with Crippen LogP contribution in [-0.4, -0.2) is 38.7 Å². The first-order valence-corrected chi connectivity index (χ1v) is 8.72. The van der Waals surface area contributed by atoms with Crippen molar-refractivity contribution in [2.75, 3.05) is 13.1 Å². The van der Waals surface area contributed by atoms with Crippen molar-refractivity contribution < 1.29 is 9.18 Å². The standard InChI is InChI=1S/C21H21FN4O/c1-3-14-25(15-13-17-7-5-4-6-8-17)21(27)20-23-16(2)26(24-20)19-11-9-18(22)10-12-19/h3-12H,1,13-15H2,2H3. The lowest BCUT2D eigenvalue weighted by molar-refractivity contribution is 0.0763. The van der Waals surface area contributed by atoms with Gasteiger partial charge in [0.05, 0.1) is 5.69 Å². The normalized spacial score (nSPS) is 10.6. The Kier molecular flexibility index (Phi) is 5.76. The van der Waals surface area contributed by atoms with Crippen molar-refractivity contribution in [2.24, 2.45) is 0 Å². The summed E-state index contributed by atoms with van der Waals surface area (Å²) in [5.74, 6) is 0.0963. The first kappa shape index (κ1) is 18.5. The van der Waals surface area contributed by atoms with E-state index in [1.165, 1.54) is 16.8 Å². The van der Waals surface area contributed by atoms with E-state index in [1.54, 1.807) is 30.0 Å². The third-order valence-electron chi connectivity index (χ3n) is 4.18. The largest absolute Gasteiger partial charge is 0.332 e. The third-order valence-corrected chi connectivity index (χ3v) is 4.18. The summed E-state index contributed by atoms with van der Waals surface area (Å²) in [6, 6.07) is 15.9. The Morgan fingerprint density at radius 1 is 1.19 bits per heavy atom. The predicted molar refractivity (Wildman–Crippen MR) is 102 cm³/mol. The Hall–Kier alpha value is -3.28. The summed E-state index contributed by atoms with van der Waals surface area (Å²) in [5, 5.41) is 4.33. The summed E-state index contributed by atoms with van der Waals surface area (Å²) >= 11 is 0. The molecule has 3 aromatic rings. The lowest BCUT2D eigenvalue weighted by Crippen LogP contribution is -2.34. The van der Waals surface area contributed by atoms with Gasteiger partial charge >= 0.3 is 0 Å². The summed E-state index contributed by atoms with van der Waals surface area (Å²) in [6.07, 6.45) is 2.42. The molecule has 0 saturated heterocycles. The van der Waals surface area contributed by atoms with Gasteiger partial charge in [-0.25, -0.2) is 14.1 Å². The number of hydrogen-bond acceptors (Lipinski definition) is 3. The molecule has 0 N–H and O–H groups in total. The van der Waals surface area contributed by atoms with Crippen molar-refractivity contribution in [3.8, 4) is 5.69 Å². The van der Waals surface area contributed by atoms with E-state index in [1.807, 2.05) is 30.3 Å². The molecule has 0 saturated carbocycles. The Morgan fingerprint density at radius 2 is 1.89 bits per heavy atom. The quantitative estimate of drug-likeness (QED) is 0.602. The van der Waals surface area contributed by atoms with E-state index >= 15 is 0 Å². The molecule has 0 aliphatic rings. The van der Waals surface area contributed by atoms with Gasteiger partial charge in [-0.05, 0) is 43.2 Å². The van der Waals surface area contributed by atoms with Crippen LogP contribution in [0.1, 0.15) is 22.0 Å². The maximum absolute atomic E-state index is 13.1. The van der Waals surface area contributed by atoms with Crippen LogP contribution in [0.3, 0.4) is 0 Å². The first-order valence-electron chi connectivity index (χ1n) is 8.72. The number of amides is 1. The van der Waals surface area contributed by atoms with Crippen molar-refractivity contribution in [2.45, 2.75) is 13.3 Å². The highest BCUT2D eigenvalue weighted by Crippen LogP contribution is 2.12. The molecule has 0 unspecified atom stereocenters. The number of halogens is 1. The second kappa shape index (κ2) is 8.40. The maximum atomic E-state index is 13.1. The van der Waals surface area contributed by atoms with Crippen molar-refractivity contribution in [1.82, 2.24) is 19.7 Å². The molecule has 0 spiro atoms. The molecule has 0 fully saturated rings. The molecule has 1 amide bonds. The van der Waals surface area contributed by atoms with Gasteiger partial charge in [0.2, 0.25) is 5.82 Å². The minimum Gasteiger partial charge on any atom is -0.332 e. The van der Waals surface area contributed by atoms with Gasteiger partial charge in [0.25, 0.3) is 5.91 Å². The zero-order chi connectivity index (χ0) is 19.2. The van der Waals surface area contributed by atoms with E-state index in [0.717, 1.165) is 12.0 Å². The van der Waals surface area contributed by atoms with Crippen LogP contribution < -0.4 is 0 Å². The van der Waals surface area contributed by atoms with E-state index < -0.39 is 0 Å². The Bertz CT molecular complexity index is 919. The SMILES string of the molecule is C=CCN(CCc1ccccc1)C(=O)c1nc(C)n(-c2ccc(F)cc2)n1. The summed E-state index contributed by atoms with van der Waals surface area (Å²) in [5.41, 5.74) is 1.81. The molecular formula is C21H21FN4O. The number of aromatic nitrogens is 3. The molecule has 0 radical (unpaired) electrons. The van der Waals surface area contributed by atoms with Gasteiger partial charge in [-0.3, -0.25) is 4.79 Å². The van der Waals surface area contributed by atoms with Crippen molar-refractivity contribution in [1.29, 1.82) is 0 Å². The highest BCUT2D eigenvalue weighted by Gasteiger charge is 2.21. The van der Waals surface area contributed by atoms with Crippen LogP contribution in [-0.2, 0) is 6.42 Å². The number of benzene rings is 2. The predicted octanol–water partition coefficient (Wildman–Crippen LogP) is 3.59. The molecule has 3 rings (SSSR count). The van der Waals surface area contributed by atoms with E-state index in [0.29, 0.717) is 24.6 Å². The fourth-order valence-electron chi connectivity index (χ4n) is 2.79. The fourth-order valence-corrected chi connectivity index (χ4v) is 2.79. The molecule has 1 aromatic heterocycles. The summed E-state index contributed by atoms with van der Waals surface area (Å²) in [4.78, 5) is 18.9. The van der Waals surface area contributed by atoms with Crippen LogP contribution in [0.4, 0.5) is 4.39 Å². The molecule has 1 heterocycles. The number of nitrogens with zero attached hydrogens (tertiary/aromatic N) is 4. The number of carbonyl (C=O) groups excluding carboxylic acids is 1. The van der Waals surface area contributed by atoms with Crippen LogP contribution in [0.2, 0.25) is 0 Å². The Labute approximate surface area is 157 Å². The summed E-state index contributed by atoms with van der Waals surface area (Å²) in [7, 11) is 0. The van der Waals surface area contributed by atoms with E-state index in [2.05, 4.69) is 16.7 Å². The molecule has 0 aliphatic heterocycles. The number of aryl methyl sites for hydroxylation is 1. The van der Waals surface area contributed by atoms with Crippen LogP contribution in [0.15, 0.2) is 67.3 Å². The fraction of sp³-hybridized carbons (Fsp3) is 0.190. The first-order chi connectivity index (χ1) is 13.1. The molecule has 5 nitrogen and oxygen atoms in total. The van der Waals surface area contributed by atoms with Gasteiger partial charge in [-0.15, -0.1) is 11.7 Å². The van der Waals surface area contributed by atoms with Crippen LogP contribution >= 0.6 is 0 Å². The molecule has 138 valence electrons. The average molecular weight is 364 g/mol. The lowest BCUT2D eigenvalue weighted by atomic mass is 10.1. The van der Waals surface area contributed by atoms with Gasteiger partial charge in [0.15, 0.2) is 0 Å². The summed E-state index contributed by atoms with van der Waals surface area (Å²) < 4.78 is 14.7. The lowest BCUT2D eigenvalue weighted by Gasteiger charge is -2.19. The number of hydrogen-bond donors (Lipinski definition) is 0. The van der Waals surface area contributed by atoms with Gasteiger partial charge in [-0.2, -0.15) is 0 Å². The monoisotopic (exact) mass is 364 g/mol. The zero-order valence-corrected chi connectivity index (χ0v) is 15.2. The number of carbonyl (C=O) groups is 1. The van der Waals surface area contributed by atoms with Gasteiger partial charge in [0, 0.05) is 13.1 Å². The van der Waals surface area contributed by atoms with Crippen molar-refractivity contribution in [3.63, 3.8) is 0 Å². The molecule has 27 heavy (non-hydrogen) atoms. The van der Waals surface area contributed by atoms with E-state index in [4.69, 9.17) is 0 Å². The highest BCUT2D eigenvalue weighted by molar-refractivity contribution is 5.90. The van der Waals surface area contributed by atoms with Gasteiger partial charge < -0.3 is 4.90 Å². The smallest absolute Gasteiger partial charge is 0.293 e. The van der Waals surface area contributed by atoms with Gasteiger partial charge in [0.1, 0.15) is 11.6 Å². The molecule has 0 bridgehead atoms. The maximum Gasteiger partial charge on any atom is 0.293 e. The highest BCUT2D eigenvalue weighted by atomic mass is 19.1.